The van der Waals surface area contributed by atoms with Crippen LogP contribution in [0.1, 0.15) is 38.2 Å². The molecule has 1 aromatic rings. The molecule has 0 spiro atoms. The number of rotatable bonds is 6. The molecule has 2 rings (SSSR count). The van der Waals surface area contributed by atoms with Gasteiger partial charge in [0.15, 0.2) is 0 Å². The van der Waals surface area contributed by atoms with E-state index in [0.717, 1.165) is 55.5 Å². The number of carbonyl (C=O) groups is 1. The van der Waals surface area contributed by atoms with Gasteiger partial charge in [0, 0.05) is 23.2 Å². The van der Waals surface area contributed by atoms with Gasteiger partial charge in [0.05, 0.1) is 0 Å². The Hall–Kier alpha value is -1.07. The Morgan fingerprint density at radius 3 is 3.00 bits per heavy atom. The van der Waals surface area contributed by atoms with Gasteiger partial charge in [-0.1, -0.05) is 28.9 Å². The maximum Gasteiger partial charge on any atom is 0.240 e. The number of carbonyl (C=O) groups excluding carboxylic acids is 1. The number of nitrogens with two attached hydrogens (primary N) is 1. The molecule has 0 saturated carbocycles. The first-order valence-corrected chi connectivity index (χ1v) is 8.48. The molecule has 21 heavy (non-hydrogen) atoms. The highest BCUT2D eigenvalue weighted by atomic mass is 79.9. The molecule has 0 radical (unpaired) electrons. The third-order valence-electron chi connectivity index (χ3n) is 3.93. The van der Waals surface area contributed by atoms with Crippen molar-refractivity contribution in [2.24, 2.45) is 5.73 Å². The average Bonchev–Trinajstić information content (AvgIpc) is 2.49. The number of halogens is 1. The molecule has 1 aliphatic heterocycles. The van der Waals surface area contributed by atoms with Crippen molar-refractivity contribution in [3.05, 3.63) is 28.2 Å². The first kappa shape index (κ1) is 16.3. The van der Waals surface area contributed by atoms with Gasteiger partial charge in [-0.25, -0.2) is 0 Å². The fourth-order valence-corrected chi connectivity index (χ4v) is 3.22. The molecule has 1 aromatic carbocycles. The fourth-order valence-electron chi connectivity index (χ4n) is 2.87. The van der Waals surface area contributed by atoms with Crippen LogP contribution in [0.2, 0.25) is 0 Å². The van der Waals surface area contributed by atoms with Gasteiger partial charge in [-0.3, -0.25) is 4.79 Å². The Kier molecular flexibility index (Phi) is 6.06. The Labute approximate surface area is 135 Å². The van der Waals surface area contributed by atoms with Crippen LogP contribution in [0.3, 0.4) is 0 Å². The first-order chi connectivity index (χ1) is 10.1. The van der Waals surface area contributed by atoms with Crippen LogP contribution in [-0.4, -0.2) is 25.0 Å². The second-order valence-electron chi connectivity index (χ2n) is 5.56. The maximum absolute atomic E-state index is 11.7. The molecule has 1 saturated heterocycles. The van der Waals surface area contributed by atoms with Crippen LogP contribution in [0.25, 0.3) is 0 Å². The van der Waals surface area contributed by atoms with E-state index in [4.69, 9.17) is 5.73 Å². The van der Waals surface area contributed by atoms with Gasteiger partial charge in [0.1, 0.15) is 6.04 Å². The number of nitrogens with zero attached hydrogens (tertiary/aromatic N) is 1. The number of anilines is 1. The summed E-state index contributed by atoms with van der Waals surface area (Å²) in [6.07, 6.45) is 4.14. The minimum absolute atomic E-state index is 0.182. The van der Waals surface area contributed by atoms with E-state index in [9.17, 15) is 4.79 Å². The zero-order valence-electron chi connectivity index (χ0n) is 12.6. The van der Waals surface area contributed by atoms with E-state index in [1.54, 1.807) is 0 Å². The van der Waals surface area contributed by atoms with Gasteiger partial charge in [-0.05, 0) is 49.9 Å². The summed E-state index contributed by atoms with van der Waals surface area (Å²) >= 11 is 3.54. The van der Waals surface area contributed by atoms with Crippen molar-refractivity contribution in [1.82, 2.24) is 5.32 Å². The normalized spacial score (nSPS) is 18.8. The van der Waals surface area contributed by atoms with E-state index in [2.05, 4.69) is 51.3 Å². The lowest BCUT2D eigenvalue weighted by atomic mass is 9.99. The summed E-state index contributed by atoms with van der Waals surface area (Å²) in [6.45, 7) is 4.86. The van der Waals surface area contributed by atoms with Crippen molar-refractivity contribution in [3.63, 3.8) is 0 Å². The molecule has 1 unspecified atom stereocenters. The summed E-state index contributed by atoms with van der Waals surface area (Å²) in [7, 11) is 0. The summed E-state index contributed by atoms with van der Waals surface area (Å²) in [5, 5.41) is 3.44. The molecular weight excluding hydrogens is 330 g/mol. The Bertz CT molecular complexity index is 492. The Morgan fingerprint density at radius 2 is 2.29 bits per heavy atom. The molecule has 1 aliphatic rings. The van der Waals surface area contributed by atoms with Crippen LogP contribution in [0.4, 0.5) is 5.69 Å². The lowest BCUT2D eigenvalue weighted by Gasteiger charge is -2.37. The predicted octanol–water partition coefficient (Wildman–Crippen LogP) is 2.79. The topological polar surface area (TPSA) is 58.4 Å². The number of amides is 1. The number of hydrogen-bond donors (Lipinski definition) is 2. The van der Waals surface area contributed by atoms with Crippen molar-refractivity contribution >= 4 is 27.5 Å². The molecule has 0 bridgehead atoms. The lowest BCUT2D eigenvalue weighted by Crippen LogP contribution is -2.48. The quantitative estimate of drug-likeness (QED) is 0.773. The molecule has 1 fully saturated rings. The standard InChI is InChI=1S/C16H24BrN3O/c1-2-8-19-11-12-6-7-13(17)10-15(12)20-9-4-3-5-14(20)16(18)21/h6-7,10,14,19H,2-5,8-9,11H2,1H3,(H2,18,21). The van der Waals surface area contributed by atoms with Gasteiger partial charge in [0.25, 0.3) is 0 Å². The van der Waals surface area contributed by atoms with Crippen LogP contribution in [0.5, 0.6) is 0 Å². The highest BCUT2D eigenvalue weighted by molar-refractivity contribution is 9.10. The van der Waals surface area contributed by atoms with Crippen molar-refractivity contribution in [2.45, 2.75) is 45.2 Å². The van der Waals surface area contributed by atoms with Crippen molar-refractivity contribution in [1.29, 1.82) is 0 Å². The lowest BCUT2D eigenvalue weighted by molar-refractivity contribution is -0.119. The number of primary amides is 1. The van der Waals surface area contributed by atoms with Crippen LogP contribution in [0.15, 0.2) is 22.7 Å². The summed E-state index contributed by atoms with van der Waals surface area (Å²) in [6, 6.07) is 6.09. The molecule has 116 valence electrons. The fraction of sp³-hybridized carbons (Fsp3) is 0.562. The third kappa shape index (κ3) is 4.20. The summed E-state index contributed by atoms with van der Waals surface area (Å²) in [5.41, 5.74) is 7.94. The van der Waals surface area contributed by atoms with Gasteiger partial charge >= 0.3 is 0 Å². The second-order valence-corrected chi connectivity index (χ2v) is 6.47. The van der Waals surface area contributed by atoms with Crippen LogP contribution < -0.4 is 16.0 Å². The van der Waals surface area contributed by atoms with E-state index in [1.165, 1.54) is 5.56 Å². The van der Waals surface area contributed by atoms with E-state index in [-0.39, 0.29) is 11.9 Å². The molecule has 0 aliphatic carbocycles. The zero-order chi connectivity index (χ0) is 15.2. The van der Waals surface area contributed by atoms with Crippen LogP contribution >= 0.6 is 15.9 Å². The third-order valence-corrected chi connectivity index (χ3v) is 4.42. The number of piperidine rings is 1. The van der Waals surface area contributed by atoms with E-state index in [0.29, 0.717) is 0 Å². The Balaban J connectivity index is 2.26. The van der Waals surface area contributed by atoms with Gasteiger partial charge < -0.3 is 16.0 Å². The average molecular weight is 354 g/mol. The van der Waals surface area contributed by atoms with E-state index in [1.807, 2.05) is 0 Å². The molecule has 5 heteroatoms. The minimum atomic E-state index is -0.220. The molecule has 4 nitrogen and oxygen atoms in total. The maximum atomic E-state index is 11.7. The van der Waals surface area contributed by atoms with E-state index >= 15 is 0 Å². The molecule has 1 heterocycles. The number of hydrogen-bond acceptors (Lipinski definition) is 3. The zero-order valence-corrected chi connectivity index (χ0v) is 14.2. The summed E-state index contributed by atoms with van der Waals surface area (Å²) < 4.78 is 1.03. The molecule has 0 aromatic heterocycles. The molecular formula is C16H24BrN3O. The molecule has 3 N–H and O–H groups in total. The smallest absolute Gasteiger partial charge is 0.240 e. The highest BCUT2D eigenvalue weighted by Gasteiger charge is 2.28. The van der Waals surface area contributed by atoms with Crippen LogP contribution in [0, 0.1) is 0 Å². The highest BCUT2D eigenvalue weighted by Crippen LogP contribution is 2.30. The summed E-state index contributed by atoms with van der Waals surface area (Å²) in [5.74, 6) is -0.220. The number of nitrogens with one attached hydrogen (secondary N) is 1. The monoisotopic (exact) mass is 353 g/mol. The van der Waals surface area contributed by atoms with Crippen molar-refractivity contribution in [3.8, 4) is 0 Å². The van der Waals surface area contributed by atoms with Gasteiger partial charge in [-0.2, -0.15) is 0 Å². The van der Waals surface area contributed by atoms with Crippen LogP contribution in [-0.2, 0) is 11.3 Å². The number of benzene rings is 1. The predicted molar refractivity (Wildman–Crippen MR) is 90.3 cm³/mol. The largest absolute Gasteiger partial charge is 0.368 e. The minimum Gasteiger partial charge on any atom is -0.368 e. The van der Waals surface area contributed by atoms with E-state index < -0.39 is 0 Å². The SMILES string of the molecule is CCCNCc1ccc(Br)cc1N1CCCCC1C(N)=O. The van der Waals surface area contributed by atoms with Gasteiger partial charge in [-0.15, -0.1) is 0 Å². The van der Waals surface area contributed by atoms with Crippen molar-refractivity contribution < 1.29 is 4.79 Å². The van der Waals surface area contributed by atoms with Crippen molar-refractivity contribution in [2.75, 3.05) is 18.0 Å². The molecule has 1 amide bonds. The second kappa shape index (κ2) is 7.80. The summed E-state index contributed by atoms with van der Waals surface area (Å²) in [4.78, 5) is 13.9. The first-order valence-electron chi connectivity index (χ1n) is 7.68. The molecule has 1 atom stereocenters. The van der Waals surface area contributed by atoms with Gasteiger partial charge in [0.2, 0.25) is 5.91 Å². The Morgan fingerprint density at radius 1 is 1.48 bits per heavy atom.